The van der Waals surface area contributed by atoms with Gasteiger partial charge < -0.3 is 23.5 Å². The van der Waals surface area contributed by atoms with Gasteiger partial charge in [0.2, 0.25) is 0 Å². The molecule has 7 nitrogen and oxygen atoms in total. The highest BCUT2D eigenvalue weighted by atomic mass is 32.1. The number of ether oxygens (including phenoxy) is 2. The van der Waals surface area contributed by atoms with E-state index in [1.54, 1.807) is 0 Å². The van der Waals surface area contributed by atoms with Crippen molar-refractivity contribution in [3.05, 3.63) is 0 Å². The first-order valence-electron chi connectivity index (χ1n) is 21.0. The third-order valence-electron chi connectivity index (χ3n) is 9.49. The van der Waals surface area contributed by atoms with E-state index >= 15 is 0 Å². The van der Waals surface area contributed by atoms with Crippen LogP contribution in [0, 0.1) is 5.41 Å². The third kappa shape index (κ3) is 34.0. The maximum absolute atomic E-state index is 12.9. The number of unbranched alkanes of at least 4 members (excludes halogenated alkanes) is 22. The molecule has 0 fully saturated rings. The summed E-state index contributed by atoms with van der Waals surface area (Å²) < 4.78 is 29.0. The highest BCUT2D eigenvalue weighted by Gasteiger charge is 2.26. The molecule has 0 aliphatic heterocycles. The molecule has 0 bridgehead atoms. The van der Waals surface area contributed by atoms with Gasteiger partial charge in [-0.1, -0.05) is 189 Å². The van der Waals surface area contributed by atoms with Gasteiger partial charge in [-0.05, 0) is 24.7 Å². The van der Waals surface area contributed by atoms with E-state index in [1.807, 2.05) is 20.8 Å². The normalized spacial score (nSPS) is 14.9. The molecule has 0 N–H and O–H groups in total. The monoisotopic (exact) mass is 780 g/mol. The van der Waals surface area contributed by atoms with Gasteiger partial charge in [-0.15, -0.1) is 0 Å². The molecular weight excluding hydrogens is 700 g/mol. The van der Waals surface area contributed by atoms with Gasteiger partial charge in [0.1, 0.15) is 14.2 Å². The predicted octanol–water partition coefficient (Wildman–Crippen LogP) is 12.2. The zero-order valence-electron chi connectivity index (χ0n) is 33.6. The number of thiol groups is 2. The van der Waals surface area contributed by atoms with E-state index in [9.17, 15) is 19.0 Å². The summed E-state index contributed by atoms with van der Waals surface area (Å²) in [5.41, 5.74) is -0.174. The molecule has 0 heterocycles. The number of hydrogen-bond donors (Lipinski definition) is 2. The van der Waals surface area contributed by atoms with E-state index in [0.29, 0.717) is 19.3 Å². The predicted molar refractivity (Wildman–Crippen MR) is 220 cm³/mol. The Hall–Kier alpha value is -0.210. The second-order valence-corrected chi connectivity index (χ2v) is 19.2. The minimum atomic E-state index is -4.17. The minimum absolute atomic E-state index is 0.122. The quantitative estimate of drug-likeness (QED) is 0.0282. The van der Waals surface area contributed by atoms with Crippen molar-refractivity contribution < 1.29 is 33.0 Å². The summed E-state index contributed by atoms with van der Waals surface area (Å²) in [6, 6.07) is 0. The van der Waals surface area contributed by atoms with Crippen LogP contribution in [0.4, 0.5) is 0 Å². The summed E-state index contributed by atoms with van der Waals surface area (Å²) in [6.07, 6.45) is 30.1. The maximum Gasteiger partial charge on any atom is 0.319 e. The van der Waals surface area contributed by atoms with Gasteiger partial charge in [-0.25, -0.2) is 0 Å². The maximum atomic E-state index is 12.9. The lowest BCUT2D eigenvalue weighted by atomic mass is 9.94. The van der Waals surface area contributed by atoms with Crippen LogP contribution in [0.15, 0.2) is 0 Å². The van der Waals surface area contributed by atoms with Gasteiger partial charge in [0, 0.05) is 6.16 Å². The zero-order chi connectivity index (χ0) is 38.2. The van der Waals surface area contributed by atoms with Crippen LogP contribution in [0.5, 0.6) is 0 Å². The molecule has 0 spiro atoms. The van der Waals surface area contributed by atoms with Crippen molar-refractivity contribution in [1.82, 2.24) is 0 Å². The average molecular weight is 780 g/mol. The second kappa shape index (κ2) is 33.2. The molecule has 4 unspecified atom stereocenters. The van der Waals surface area contributed by atoms with E-state index in [4.69, 9.17) is 14.0 Å². The van der Waals surface area contributed by atoms with Crippen molar-refractivity contribution in [2.24, 2.45) is 5.41 Å². The smallest absolute Gasteiger partial charge is 0.319 e. The molecule has 304 valence electrons. The topological polar surface area (TPSA) is 102 Å². The Balaban J connectivity index is 4.59. The first-order valence-corrected chi connectivity index (χ1v) is 23.7. The van der Waals surface area contributed by atoms with Crippen molar-refractivity contribution in [3.8, 4) is 0 Å². The Labute approximate surface area is 326 Å². The van der Waals surface area contributed by atoms with Crippen LogP contribution >= 0.6 is 32.9 Å². The summed E-state index contributed by atoms with van der Waals surface area (Å²) in [7, 11) is -4.17. The summed E-state index contributed by atoms with van der Waals surface area (Å²) in [5.74, 6) is -1.06. The van der Waals surface area contributed by atoms with Gasteiger partial charge in [-0.3, -0.25) is 9.59 Å². The molecule has 51 heavy (non-hydrogen) atoms. The van der Waals surface area contributed by atoms with Gasteiger partial charge >= 0.3 is 11.9 Å². The van der Waals surface area contributed by atoms with Crippen molar-refractivity contribution in [3.63, 3.8) is 0 Å². The molecule has 0 aromatic rings. The molecular formula is C41H80O7PS2-. The van der Waals surface area contributed by atoms with E-state index in [1.165, 1.54) is 116 Å². The molecule has 4 atom stereocenters. The molecule has 0 aliphatic rings. The first kappa shape index (κ1) is 50.8. The standard InChI is InChI=1S/C41H81O7PS2/c1-6-8-10-12-14-16-18-20-22-24-26-28-30-37(50)39(42)46-34-36(35-47-49(44,45)33-32-41(3,4)5)48-40(43)38(51)31-29-27-25-23-21-19-17-15-13-11-9-7-2/h36-38,50-51H,6-35H2,1-5H3,(H,44,45)/p-1. The number of hydrogen-bond acceptors (Lipinski definition) is 9. The molecule has 0 aliphatic carbocycles. The minimum Gasteiger partial charge on any atom is -0.778 e. The van der Waals surface area contributed by atoms with E-state index in [-0.39, 0.29) is 18.2 Å². The fourth-order valence-electron chi connectivity index (χ4n) is 5.96. The molecule has 0 radical (unpaired) electrons. The SMILES string of the molecule is CCCCCCCCCCCCCCC(S)C(=O)OCC(COP(=O)([O-])CCC(C)(C)C)OC(=O)C(S)CCCCCCCCCCCCCC. The van der Waals surface area contributed by atoms with Crippen LogP contribution in [-0.4, -0.2) is 47.9 Å². The summed E-state index contributed by atoms with van der Waals surface area (Å²) in [4.78, 5) is 38.3. The molecule has 0 rings (SSSR count). The third-order valence-corrected chi connectivity index (χ3v) is 11.7. The average Bonchev–Trinajstić information content (AvgIpc) is 3.08. The number of carbonyl (C=O) groups is 2. The molecule has 10 heteroatoms. The van der Waals surface area contributed by atoms with Crippen molar-refractivity contribution in [1.29, 1.82) is 0 Å². The Morgan fingerprint density at radius 2 is 0.941 bits per heavy atom. The van der Waals surface area contributed by atoms with Crippen LogP contribution < -0.4 is 4.89 Å². The van der Waals surface area contributed by atoms with Crippen LogP contribution in [0.3, 0.4) is 0 Å². The lowest BCUT2D eigenvalue weighted by Crippen LogP contribution is -2.34. The number of rotatable bonds is 36. The van der Waals surface area contributed by atoms with Crippen molar-refractivity contribution in [2.75, 3.05) is 19.4 Å². The number of carbonyl (C=O) groups excluding carboxylic acids is 2. The van der Waals surface area contributed by atoms with Crippen LogP contribution in [0.2, 0.25) is 0 Å². The van der Waals surface area contributed by atoms with Crippen LogP contribution in [0.25, 0.3) is 0 Å². The fourth-order valence-corrected chi connectivity index (χ4v) is 7.92. The largest absolute Gasteiger partial charge is 0.778 e. The van der Waals surface area contributed by atoms with Crippen LogP contribution in [0.1, 0.15) is 208 Å². The van der Waals surface area contributed by atoms with Gasteiger partial charge in [0.05, 0.1) is 17.1 Å². The summed E-state index contributed by atoms with van der Waals surface area (Å²) in [6.45, 7) is 9.69. The number of esters is 2. The molecule has 0 aromatic carbocycles. The lowest BCUT2D eigenvalue weighted by Gasteiger charge is -2.29. The first-order chi connectivity index (χ1) is 24.3. The molecule has 0 amide bonds. The Bertz CT molecular complexity index is 883. The highest BCUT2D eigenvalue weighted by molar-refractivity contribution is 7.82. The summed E-state index contributed by atoms with van der Waals surface area (Å²) >= 11 is 8.94. The molecule has 0 aromatic heterocycles. The Kier molecular flexibility index (Phi) is 33.0. The van der Waals surface area contributed by atoms with Crippen molar-refractivity contribution in [2.45, 2.75) is 225 Å². The Morgan fingerprint density at radius 1 is 0.588 bits per heavy atom. The molecule has 0 saturated heterocycles. The van der Waals surface area contributed by atoms with Crippen molar-refractivity contribution >= 4 is 44.8 Å². The van der Waals surface area contributed by atoms with Gasteiger partial charge in [0.25, 0.3) is 0 Å². The van der Waals surface area contributed by atoms with Crippen LogP contribution in [-0.2, 0) is 28.2 Å². The van der Waals surface area contributed by atoms with Gasteiger partial charge in [-0.2, -0.15) is 25.3 Å². The fraction of sp³-hybridized carbons (Fsp3) is 0.951. The lowest BCUT2D eigenvalue weighted by molar-refractivity contribution is -0.202. The second-order valence-electron chi connectivity index (χ2n) is 16.0. The zero-order valence-corrected chi connectivity index (χ0v) is 36.3. The van der Waals surface area contributed by atoms with E-state index < -0.39 is 42.7 Å². The molecule has 0 saturated carbocycles. The highest BCUT2D eigenvalue weighted by Crippen LogP contribution is 2.40. The van der Waals surface area contributed by atoms with E-state index in [0.717, 1.165) is 38.5 Å². The van der Waals surface area contributed by atoms with Gasteiger partial charge in [0.15, 0.2) is 6.10 Å². The van der Waals surface area contributed by atoms with E-state index in [2.05, 4.69) is 39.1 Å². The summed E-state index contributed by atoms with van der Waals surface area (Å²) in [5, 5.41) is -1.24. The Morgan fingerprint density at radius 3 is 1.31 bits per heavy atom.